The number of hydrogen-bond donors (Lipinski definition) is 1. The summed E-state index contributed by atoms with van der Waals surface area (Å²) in [6.45, 7) is 6.84. The summed E-state index contributed by atoms with van der Waals surface area (Å²) in [5.74, 6) is 0. The third kappa shape index (κ3) is 4.97. The van der Waals surface area contributed by atoms with Crippen molar-refractivity contribution in [2.75, 3.05) is 19.6 Å². The number of rotatable bonds is 8. The summed E-state index contributed by atoms with van der Waals surface area (Å²) in [6.07, 6.45) is 5.69. The van der Waals surface area contributed by atoms with Gasteiger partial charge in [0.1, 0.15) is 0 Å². The van der Waals surface area contributed by atoms with Crippen LogP contribution in [0.1, 0.15) is 36.1 Å². The van der Waals surface area contributed by atoms with Crippen molar-refractivity contribution in [2.45, 2.75) is 32.8 Å². The normalized spacial score (nSPS) is 12.8. The van der Waals surface area contributed by atoms with Crippen LogP contribution in [0.25, 0.3) is 0 Å². The van der Waals surface area contributed by atoms with Crippen molar-refractivity contribution in [3.05, 3.63) is 53.3 Å². The Bertz CT molecular complexity index is 562. The molecule has 0 aliphatic heterocycles. The third-order valence-corrected chi connectivity index (χ3v) is 4.04. The van der Waals surface area contributed by atoms with Crippen LogP contribution in [0, 0.1) is 6.92 Å². The molecule has 2 aromatic rings. The lowest BCUT2D eigenvalue weighted by Gasteiger charge is -2.23. The molecule has 0 spiro atoms. The van der Waals surface area contributed by atoms with Gasteiger partial charge in [0.25, 0.3) is 0 Å². The van der Waals surface area contributed by atoms with E-state index in [2.05, 4.69) is 42.2 Å². The Labute approximate surface area is 133 Å². The molecule has 1 atom stereocenters. The number of aromatic nitrogens is 2. The molecule has 2 rings (SSSR count). The molecule has 0 bridgehead atoms. The van der Waals surface area contributed by atoms with Crippen LogP contribution >= 0.6 is 0 Å². The van der Waals surface area contributed by atoms with Gasteiger partial charge < -0.3 is 10.0 Å². The van der Waals surface area contributed by atoms with E-state index in [1.54, 1.807) is 0 Å². The van der Waals surface area contributed by atoms with Gasteiger partial charge in [-0.1, -0.05) is 36.8 Å². The maximum absolute atomic E-state index is 10.4. The highest BCUT2D eigenvalue weighted by atomic mass is 16.3. The lowest BCUT2D eigenvalue weighted by molar-refractivity contribution is 0.115. The topological polar surface area (TPSA) is 41.3 Å². The predicted molar refractivity (Wildman–Crippen MR) is 89.8 cm³/mol. The second kappa shape index (κ2) is 8.11. The molecule has 0 fully saturated rings. The standard InChI is InChI=1S/C18H27N3O/c1-4-21(11-5-6-16-12-19-20(3)13-16)14-18(22)17-9-7-15(2)8-10-17/h7-10,12-13,18,22H,4-6,11,14H2,1-3H3. The number of likely N-dealkylation sites (N-methyl/N-ethyl adjacent to an activating group) is 1. The molecular formula is C18H27N3O. The Hall–Kier alpha value is -1.65. The number of hydrogen-bond acceptors (Lipinski definition) is 3. The van der Waals surface area contributed by atoms with E-state index in [1.165, 1.54) is 11.1 Å². The van der Waals surface area contributed by atoms with Gasteiger partial charge in [-0.3, -0.25) is 4.68 Å². The monoisotopic (exact) mass is 301 g/mol. The fourth-order valence-corrected chi connectivity index (χ4v) is 2.62. The molecule has 1 aromatic carbocycles. The van der Waals surface area contributed by atoms with E-state index >= 15 is 0 Å². The Kier molecular flexibility index (Phi) is 6.16. The second-order valence-electron chi connectivity index (χ2n) is 5.95. The summed E-state index contributed by atoms with van der Waals surface area (Å²) in [6, 6.07) is 8.14. The van der Waals surface area contributed by atoms with Gasteiger partial charge in [0.15, 0.2) is 0 Å². The highest BCUT2D eigenvalue weighted by Gasteiger charge is 2.12. The fraction of sp³-hybridized carbons (Fsp3) is 0.500. The van der Waals surface area contributed by atoms with Gasteiger partial charge >= 0.3 is 0 Å². The first-order chi connectivity index (χ1) is 10.6. The number of aryl methyl sites for hydroxylation is 3. The van der Waals surface area contributed by atoms with Gasteiger partial charge in [0.2, 0.25) is 0 Å². The first-order valence-corrected chi connectivity index (χ1v) is 8.03. The number of aliphatic hydroxyl groups excluding tert-OH is 1. The average Bonchev–Trinajstić information content (AvgIpc) is 2.92. The molecule has 120 valence electrons. The predicted octanol–water partition coefficient (Wildman–Crippen LogP) is 2.72. The molecule has 0 aliphatic rings. The molecular weight excluding hydrogens is 274 g/mol. The zero-order valence-electron chi connectivity index (χ0n) is 13.9. The van der Waals surface area contributed by atoms with Crippen LogP contribution in [0.4, 0.5) is 0 Å². The number of aliphatic hydroxyl groups is 1. The SMILES string of the molecule is CCN(CCCc1cnn(C)c1)CC(O)c1ccc(C)cc1. The van der Waals surface area contributed by atoms with E-state index in [9.17, 15) is 5.11 Å². The van der Waals surface area contributed by atoms with Crippen molar-refractivity contribution in [2.24, 2.45) is 7.05 Å². The van der Waals surface area contributed by atoms with Crippen LogP contribution in [-0.4, -0.2) is 39.4 Å². The smallest absolute Gasteiger partial charge is 0.0916 e. The van der Waals surface area contributed by atoms with Gasteiger partial charge in [0, 0.05) is 19.8 Å². The number of benzene rings is 1. The summed E-state index contributed by atoms with van der Waals surface area (Å²) in [5.41, 5.74) is 3.49. The van der Waals surface area contributed by atoms with E-state index in [1.807, 2.05) is 30.1 Å². The van der Waals surface area contributed by atoms with E-state index in [-0.39, 0.29) is 0 Å². The first-order valence-electron chi connectivity index (χ1n) is 8.03. The molecule has 4 heteroatoms. The van der Waals surface area contributed by atoms with Gasteiger partial charge in [0.05, 0.1) is 12.3 Å². The lowest BCUT2D eigenvalue weighted by atomic mass is 10.1. The minimum atomic E-state index is -0.418. The average molecular weight is 301 g/mol. The molecule has 1 aromatic heterocycles. The minimum absolute atomic E-state index is 0.418. The third-order valence-electron chi connectivity index (χ3n) is 4.04. The zero-order valence-corrected chi connectivity index (χ0v) is 13.9. The summed E-state index contributed by atoms with van der Waals surface area (Å²) in [7, 11) is 1.94. The Balaban J connectivity index is 1.79. The minimum Gasteiger partial charge on any atom is -0.387 e. The maximum atomic E-state index is 10.4. The van der Waals surface area contributed by atoms with E-state index in [0.717, 1.165) is 31.5 Å². The van der Waals surface area contributed by atoms with E-state index in [4.69, 9.17) is 0 Å². The van der Waals surface area contributed by atoms with Crippen LogP contribution in [0.2, 0.25) is 0 Å². The molecule has 22 heavy (non-hydrogen) atoms. The van der Waals surface area contributed by atoms with Crippen molar-refractivity contribution in [3.8, 4) is 0 Å². The maximum Gasteiger partial charge on any atom is 0.0916 e. The fourth-order valence-electron chi connectivity index (χ4n) is 2.62. The van der Waals surface area contributed by atoms with Crippen molar-refractivity contribution in [3.63, 3.8) is 0 Å². The molecule has 1 heterocycles. The zero-order chi connectivity index (χ0) is 15.9. The van der Waals surface area contributed by atoms with E-state index < -0.39 is 6.10 Å². The van der Waals surface area contributed by atoms with Crippen LogP contribution in [-0.2, 0) is 13.5 Å². The molecule has 0 radical (unpaired) electrons. The molecule has 1 N–H and O–H groups in total. The first kappa shape index (κ1) is 16.7. The van der Waals surface area contributed by atoms with Crippen molar-refractivity contribution < 1.29 is 5.11 Å². The molecule has 4 nitrogen and oxygen atoms in total. The van der Waals surface area contributed by atoms with Gasteiger partial charge in [-0.05, 0) is 44.0 Å². The van der Waals surface area contributed by atoms with Crippen molar-refractivity contribution in [1.82, 2.24) is 14.7 Å². The highest BCUT2D eigenvalue weighted by Crippen LogP contribution is 2.15. The van der Waals surface area contributed by atoms with Crippen molar-refractivity contribution >= 4 is 0 Å². The van der Waals surface area contributed by atoms with E-state index in [0.29, 0.717) is 6.54 Å². The summed E-state index contributed by atoms with van der Waals surface area (Å²) < 4.78 is 1.84. The summed E-state index contributed by atoms with van der Waals surface area (Å²) in [5, 5.41) is 14.6. The Morgan fingerprint density at radius 3 is 2.59 bits per heavy atom. The molecule has 0 saturated carbocycles. The summed E-state index contributed by atoms with van der Waals surface area (Å²) >= 11 is 0. The van der Waals surface area contributed by atoms with Crippen LogP contribution in [0.3, 0.4) is 0 Å². The van der Waals surface area contributed by atoms with Gasteiger partial charge in [-0.2, -0.15) is 5.10 Å². The molecule has 0 aliphatic carbocycles. The second-order valence-corrected chi connectivity index (χ2v) is 5.95. The van der Waals surface area contributed by atoms with Crippen LogP contribution in [0.5, 0.6) is 0 Å². The van der Waals surface area contributed by atoms with Gasteiger partial charge in [-0.25, -0.2) is 0 Å². The summed E-state index contributed by atoms with van der Waals surface area (Å²) in [4.78, 5) is 2.31. The van der Waals surface area contributed by atoms with Crippen LogP contribution in [0.15, 0.2) is 36.7 Å². The Morgan fingerprint density at radius 1 is 1.27 bits per heavy atom. The quantitative estimate of drug-likeness (QED) is 0.815. The Morgan fingerprint density at radius 2 is 2.00 bits per heavy atom. The van der Waals surface area contributed by atoms with Gasteiger partial charge in [-0.15, -0.1) is 0 Å². The molecule has 1 unspecified atom stereocenters. The number of nitrogens with zero attached hydrogens (tertiary/aromatic N) is 3. The molecule has 0 saturated heterocycles. The highest BCUT2D eigenvalue weighted by molar-refractivity contribution is 5.23. The molecule has 0 amide bonds. The lowest BCUT2D eigenvalue weighted by Crippen LogP contribution is -2.29. The largest absolute Gasteiger partial charge is 0.387 e. The van der Waals surface area contributed by atoms with Crippen LogP contribution < -0.4 is 0 Å². The van der Waals surface area contributed by atoms with Crippen molar-refractivity contribution in [1.29, 1.82) is 0 Å².